The lowest BCUT2D eigenvalue weighted by Gasteiger charge is -2.09. The molecule has 0 aliphatic heterocycles. The number of aromatic nitrogens is 2. The van der Waals surface area contributed by atoms with E-state index in [9.17, 15) is 13.2 Å². The molecule has 0 bridgehead atoms. The minimum Gasteiger partial charge on any atom is -0.392 e. The van der Waals surface area contributed by atoms with Gasteiger partial charge < -0.3 is 5.11 Å². The van der Waals surface area contributed by atoms with Crippen LogP contribution in [0.3, 0.4) is 0 Å². The van der Waals surface area contributed by atoms with E-state index in [-0.39, 0.29) is 17.3 Å². The fourth-order valence-electron chi connectivity index (χ4n) is 1.54. The van der Waals surface area contributed by atoms with E-state index in [2.05, 4.69) is 5.10 Å². The topological polar surface area (TPSA) is 38.0 Å². The summed E-state index contributed by atoms with van der Waals surface area (Å²) in [5.74, 6) is 0. The number of nitrogens with zero attached hydrogens (tertiary/aromatic N) is 2. The normalized spacial score (nSPS) is 11.8. The van der Waals surface area contributed by atoms with Crippen LogP contribution in [-0.2, 0) is 12.8 Å². The van der Waals surface area contributed by atoms with E-state index in [0.717, 1.165) is 10.9 Å². The lowest BCUT2D eigenvalue weighted by molar-refractivity contribution is -0.137. The molecule has 0 aliphatic rings. The van der Waals surface area contributed by atoms with E-state index < -0.39 is 11.7 Å². The fourth-order valence-corrected chi connectivity index (χ4v) is 1.82. The Hall–Kier alpha value is -1.53. The Morgan fingerprint density at radius 1 is 1.33 bits per heavy atom. The molecule has 7 heteroatoms. The maximum absolute atomic E-state index is 12.5. The molecule has 0 saturated carbocycles. The average molecular weight is 277 g/mol. The molecule has 96 valence electrons. The predicted molar refractivity (Wildman–Crippen MR) is 59.5 cm³/mol. The Morgan fingerprint density at radius 3 is 2.61 bits per heavy atom. The quantitative estimate of drug-likeness (QED) is 0.915. The van der Waals surface area contributed by atoms with Gasteiger partial charge in [-0.25, -0.2) is 4.68 Å². The third-order valence-corrected chi connectivity index (χ3v) is 2.68. The van der Waals surface area contributed by atoms with Gasteiger partial charge in [0.15, 0.2) is 0 Å². The van der Waals surface area contributed by atoms with Gasteiger partial charge in [-0.3, -0.25) is 0 Å². The van der Waals surface area contributed by atoms with Crippen LogP contribution in [-0.4, -0.2) is 14.9 Å². The Balaban J connectivity index is 2.53. The third kappa shape index (κ3) is 2.34. The molecule has 0 aliphatic carbocycles. The summed E-state index contributed by atoms with van der Waals surface area (Å²) in [7, 11) is 0. The van der Waals surface area contributed by atoms with Gasteiger partial charge in [0.25, 0.3) is 0 Å². The zero-order valence-corrected chi connectivity index (χ0v) is 9.70. The first-order valence-electron chi connectivity index (χ1n) is 4.94. The van der Waals surface area contributed by atoms with Gasteiger partial charge in [-0.05, 0) is 6.07 Å². The van der Waals surface area contributed by atoms with Crippen LogP contribution in [0.5, 0.6) is 0 Å². The molecule has 0 fully saturated rings. The van der Waals surface area contributed by atoms with Crippen LogP contribution >= 0.6 is 11.6 Å². The van der Waals surface area contributed by atoms with E-state index in [1.165, 1.54) is 6.07 Å². The van der Waals surface area contributed by atoms with E-state index >= 15 is 0 Å². The number of aliphatic hydroxyl groups is 1. The molecule has 1 aromatic heterocycles. The smallest absolute Gasteiger partial charge is 0.392 e. The third-order valence-electron chi connectivity index (χ3n) is 2.38. The number of alkyl halides is 3. The molecule has 0 radical (unpaired) electrons. The van der Waals surface area contributed by atoms with Crippen molar-refractivity contribution in [1.29, 1.82) is 0 Å². The molecule has 3 nitrogen and oxygen atoms in total. The number of halogens is 4. The minimum atomic E-state index is -4.46. The number of para-hydroxylation sites is 1. The van der Waals surface area contributed by atoms with Crippen molar-refractivity contribution in [2.45, 2.75) is 12.8 Å². The van der Waals surface area contributed by atoms with Crippen molar-refractivity contribution in [3.63, 3.8) is 0 Å². The largest absolute Gasteiger partial charge is 0.419 e. The monoisotopic (exact) mass is 276 g/mol. The number of hydrogen-bond donors (Lipinski definition) is 1. The maximum atomic E-state index is 12.5. The van der Waals surface area contributed by atoms with Crippen molar-refractivity contribution in [1.82, 2.24) is 9.78 Å². The van der Waals surface area contributed by atoms with Crippen LogP contribution in [0, 0.1) is 0 Å². The molecule has 0 spiro atoms. The molecule has 0 amide bonds. The van der Waals surface area contributed by atoms with Crippen LogP contribution in [0.1, 0.15) is 11.1 Å². The number of aliphatic hydroxyl groups excluding tert-OH is 1. The van der Waals surface area contributed by atoms with Crippen molar-refractivity contribution in [2.24, 2.45) is 0 Å². The van der Waals surface area contributed by atoms with Gasteiger partial charge in [0.2, 0.25) is 0 Å². The van der Waals surface area contributed by atoms with Crippen molar-refractivity contribution in [3.05, 3.63) is 46.7 Å². The summed E-state index contributed by atoms with van der Waals surface area (Å²) in [6.45, 7) is -0.336. The number of benzene rings is 1. The molecule has 0 saturated heterocycles. The Morgan fingerprint density at radius 2 is 2.06 bits per heavy atom. The molecule has 18 heavy (non-hydrogen) atoms. The van der Waals surface area contributed by atoms with Crippen LogP contribution in [0.4, 0.5) is 13.2 Å². The second kappa shape index (κ2) is 4.62. The van der Waals surface area contributed by atoms with Crippen LogP contribution in [0.2, 0.25) is 5.02 Å². The highest BCUT2D eigenvalue weighted by Crippen LogP contribution is 2.31. The van der Waals surface area contributed by atoms with Crippen molar-refractivity contribution < 1.29 is 18.3 Å². The molecule has 1 N–H and O–H groups in total. The summed E-state index contributed by atoms with van der Waals surface area (Å²) in [5, 5.41) is 13.0. The van der Waals surface area contributed by atoms with E-state index in [0.29, 0.717) is 11.8 Å². The van der Waals surface area contributed by atoms with Gasteiger partial charge in [0.1, 0.15) is 0 Å². The molecule has 1 aromatic carbocycles. The summed E-state index contributed by atoms with van der Waals surface area (Å²) in [6.07, 6.45) is -2.91. The summed E-state index contributed by atoms with van der Waals surface area (Å²) >= 11 is 5.91. The molecule has 1 heterocycles. The van der Waals surface area contributed by atoms with Crippen LogP contribution in [0.25, 0.3) is 5.69 Å². The van der Waals surface area contributed by atoms with E-state index in [1.54, 1.807) is 12.1 Å². The summed E-state index contributed by atoms with van der Waals surface area (Å²) in [4.78, 5) is 0. The second-order valence-corrected chi connectivity index (χ2v) is 3.98. The summed E-state index contributed by atoms with van der Waals surface area (Å²) in [5.41, 5.74) is -0.220. The Labute approximate surface area is 105 Å². The molecular weight excluding hydrogens is 269 g/mol. The molecular formula is C11H8ClF3N2O. The SMILES string of the molecule is OCc1cccc(Cl)c1-n1cc(C(F)(F)F)cn1. The van der Waals surface area contributed by atoms with E-state index in [4.69, 9.17) is 16.7 Å². The molecule has 2 rings (SSSR count). The highest BCUT2D eigenvalue weighted by Gasteiger charge is 2.32. The van der Waals surface area contributed by atoms with Gasteiger partial charge in [0.05, 0.1) is 29.1 Å². The first-order chi connectivity index (χ1) is 8.43. The standard InChI is InChI=1S/C11H8ClF3N2O/c12-9-3-1-2-7(6-18)10(9)17-5-8(4-16-17)11(13,14)15/h1-5,18H,6H2. The fraction of sp³-hybridized carbons (Fsp3) is 0.182. The average Bonchev–Trinajstić information content (AvgIpc) is 2.77. The summed E-state index contributed by atoms with van der Waals surface area (Å²) < 4.78 is 38.4. The molecule has 2 aromatic rings. The van der Waals surface area contributed by atoms with Crippen molar-refractivity contribution in [2.75, 3.05) is 0 Å². The van der Waals surface area contributed by atoms with Gasteiger partial charge >= 0.3 is 6.18 Å². The second-order valence-electron chi connectivity index (χ2n) is 3.58. The lowest BCUT2D eigenvalue weighted by Crippen LogP contribution is -2.04. The minimum absolute atomic E-state index is 0.221. The van der Waals surface area contributed by atoms with Crippen LogP contribution < -0.4 is 0 Å². The highest BCUT2D eigenvalue weighted by molar-refractivity contribution is 6.32. The van der Waals surface area contributed by atoms with Gasteiger partial charge in [-0.2, -0.15) is 18.3 Å². The van der Waals surface area contributed by atoms with Crippen molar-refractivity contribution >= 4 is 11.6 Å². The Kier molecular flexibility index (Phi) is 3.32. The Bertz CT molecular complexity index is 566. The first kappa shape index (κ1) is 12.9. The van der Waals surface area contributed by atoms with Gasteiger partial charge in [0, 0.05) is 11.8 Å². The zero-order chi connectivity index (χ0) is 13.3. The zero-order valence-electron chi connectivity index (χ0n) is 8.95. The lowest BCUT2D eigenvalue weighted by atomic mass is 10.2. The summed E-state index contributed by atoms with van der Waals surface area (Å²) in [6, 6.07) is 4.69. The van der Waals surface area contributed by atoms with E-state index in [1.807, 2.05) is 0 Å². The maximum Gasteiger partial charge on any atom is 0.419 e. The first-order valence-corrected chi connectivity index (χ1v) is 5.32. The number of hydrogen-bond acceptors (Lipinski definition) is 2. The highest BCUT2D eigenvalue weighted by atomic mass is 35.5. The van der Waals surface area contributed by atoms with Crippen molar-refractivity contribution in [3.8, 4) is 5.69 Å². The van der Waals surface area contributed by atoms with Gasteiger partial charge in [-0.1, -0.05) is 23.7 Å². The number of rotatable bonds is 2. The predicted octanol–water partition coefficient (Wildman–Crippen LogP) is 3.04. The van der Waals surface area contributed by atoms with Crippen LogP contribution in [0.15, 0.2) is 30.6 Å². The molecule has 0 atom stereocenters. The molecule has 0 unspecified atom stereocenters. The van der Waals surface area contributed by atoms with Gasteiger partial charge in [-0.15, -0.1) is 0 Å².